The highest BCUT2D eigenvalue weighted by Gasteiger charge is 2.27. The highest BCUT2D eigenvalue weighted by atomic mass is 19.1. The van der Waals surface area contributed by atoms with Gasteiger partial charge in [-0.3, -0.25) is 4.79 Å². The second-order valence-corrected chi connectivity index (χ2v) is 5.69. The number of ether oxygens (including phenoxy) is 1. The zero-order chi connectivity index (χ0) is 17.4. The first kappa shape index (κ1) is 19.1. The monoisotopic (exact) mass is 327 g/mol. The van der Waals surface area contributed by atoms with E-state index in [1.54, 1.807) is 13.8 Å². The number of hydrogen-bond donors (Lipinski definition) is 1. The molecule has 0 aliphatic rings. The number of carbonyl (C=O) groups excluding carboxylic acids is 2. The van der Waals surface area contributed by atoms with E-state index < -0.39 is 35.1 Å². The maximum Gasteiger partial charge on any atom is 0.328 e. The maximum atomic E-state index is 13.6. The minimum atomic E-state index is -0.910. The van der Waals surface area contributed by atoms with Gasteiger partial charge in [-0.25, -0.2) is 13.6 Å². The number of halogens is 2. The van der Waals surface area contributed by atoms with Gasteiger partial charge in [0.05, 0.1) is 12.2 Å². The molecule has 0 bridgehead atoms. The molecule has 1 amide bonds. The number of hydrogen-bond acceptors (Lipinski definition) is 3. The second-order valence-electron chi connectivity index (χ2n) is 5.69. The molecule has 0 aliphatic heterocycles. The van der Waals surface area contributed by atoms with Crippen molar-refractivity contribution in [3.63, 3.8) is 0 Å². The molecule has 1 atom stereocenters. The van der Waals surface area contributed by atoms with E-state index in [4.69, 9.17) is 4.74 Å². The van der Waals surface area contributed by atoms with Crippen LogP contribution in [-0.4, -0.2) is 24.5 Å². The lowest BCUT2D eigenvalue weighted by Crippen LogP contribution is -2.45. The predicted octanol–water partition coefficient (Wildman–Crippen LogP) is 3.45. The summed E-state index contributed by atoms with van der Waals surface area (Å²) in [5.41, 5.74) is -0.436. The SMILES string of the molecule is CCCCCOC(=O)C(NC(=O)c1cc(F)ccc1F)C(C)C. The van der Waals surface area contributed by atoms with Gasteiger partial charge in [0.2, 0.25) is 0 Å². The van der Waals surface area contributed by atoms with E-state index in [0.29, 0.717) is 0 Å². The molecule has 6 heteroatoms. The normalized spacial score (nSPS) is 12.1. The zero-order valence-corrected chi connectivity index (χ0v) is 13.7. The molecule has 0 fully saturated rings. The highest BCUT2D eigenvalue weighted by molar-refractivity contribution is 5.97. The molecular formula is C17H23F2NO3. The van der Waals surface area contributed by atoms with Crippen molar-refractivity contribution in [2.75, 3.05) is 6.61 Å². The molecule has 4 nitrogen and oxygen atoms in total. The summed E-state index contributed by atoms with van der Waals surface area (Å²) in [7, 11) is 0. The summed E-state index contributed by atoms with van der Waals surface area (Å²) >= 11 is 0. The van der Waals surface area contributed by atoms with Crippen molar-refractivity contribution in [3.8, 4) is 0 Å². The van der Waals surface area contributed by atoms with Crippen LogP contribution < -0.4 is 5.32 Å². The summed E-state index contributed by atoms with van der Waals surface area (Å²) < 4.78 is 31.9. The number of benzene rings is 1. The fraction of sp³-hybridized carbons (Fsp3) is 0.529. The summed E-state index contributed by atoms with van der Waals surface area (Å²) in [4.78, 5) is 24.1. The van der Waals surface area contributed by atoms with E-state index in [9.17, 15) is 18.4 Å². The van der Waals surface area contributed by atoms with Crippen LogP contribution in [0.15, 0.2) is 18.2 Å². The molecule has 1 unspecified atom stereocenters. The lowest BCUT2D eigenvalue weighted by molar-refractivity contribution is -0.147. The molecule has 1 aromatic carbocycles. The van der Waals surface area contributed by atoms with Crippen LogP contribution in [0.3, 0.4) is 0 Å². The molecule has 1 rings (SSSR count). The number of nitrogens with one attached hydrogen (secondary N) is 1. The average molecular weight is 327 g/mol. The molecule has 1 aromatic rings. The molecule has 0 saturated heterocycles. The Kier molecular flexibility index (Phi) is 7.65. The lowest BCUT2D eigenvalue weighted by atomic mass is 10.0. The minimum absolute atomic E-state index is 0.241. The maximum absolute atomic E-state index is 13.6. The summed E-state index contributed by atoms with van der Waals surface area (Å²) in [6.07, 6.45) is 2.70. The molecule has 128 valence electrons. The van der Waals surface area contributed by atoms with Gasteiger partial charge in [0, 0.05) is 0 Å². The summed E-state index contributed by atoms with van der Waals surface area (Å²) in [6, 6.07) is 1.69. The second kappa shape index (κ2) is 9.22. The topological polar surface area (TPSA) is 55.4 Å². The Morgan fingerprint density at radius 1 is 1.22 bits per heavy atom. The molecule has 0 saturated carbocycles. The fourth-order valence-corrected chi connectivity index (χ4v) is 2.00. The Hall–Kier alpha value is -1.98. The molecule has 0 radical (unpaired) electrons. The molecule has 1 N–H and O–H groups in total. The van der Waals surface area contributed by atoms with E-state index in [1.165, 1.54) is 0 Å². The predicted molar refractivity (Wildman–Crippen MR) is 82.9 cm³/mol. The van der Waals surface area contributed by atoms with E-state index in [0.717, 1.165) is 37.5 Å². The molecule has 0 aliphatic carbocycles. The van der Waals surface area contributed by atoms with Crippen LogP contribution >= 0.6 is 0 Å². The Balaban J connectivity index is 2.73. The fourth-order valence-electron chi connectivity index (χ4n) is 2.00. The standard InChI is InChI=1S/C17H23F2NO3/c1-4-5-6-9-23-17(22)15(11(2)3)20-16(21)13-10-12(18)7-8-14(13)19/h7-8,10-11,15H,4-6,9H2,1-3H3,(H,20,21). The van der Waals surface area contributed by atoms with Crippen LogP contribution in [0.1, 0.15) is 50.4 Å². The summed E-state index contributed by atoms with van der Waals surface area (Å²) in [5.74, 6) is -3.22. The Labute approximate surface area is 135 Å². The highest BCUT2D eigenvalue weighted by Crippen LogP contribution is 2.12. The third-order valence-corrected chi connectivity index (χ3v) is 3.37. The van der Waals surface area contributed by atoms with Crippen molar-refractivity contribution in [3.05, 3.63) is 35.4 Å². The molecule has 23 heavy (non-hydrogen) atoms. The van der Waals surface area contributed by atoms with E-state index in [1.807, 2.05) is 6.92 Å². The van der Waals surface area contributed by atoms with E-state index >= 15 is 0 Å². The first-order valence-electron chi connectivity index (χ1n) is 7.79. The van der Waals surface area contributed by atoms with Crippen molar-refractivity contribution in [2.24, 2.45) is 5.92 Å². The molecular weight excluding hydrogens is 304 g/mol. The van der Waals surface area contributed by atoms with Crippen LogP contribution in [0.4, 0.5) is 8.78 Å². The number of rotatable bonds is 8. The van der Waals surface area contributed by atoms with Gasteiger partial charge in [0.25, 0.3) is 5.91 Å². The first-order valence-corrected chi connectivity index (χ1v) is 7.79. The van der Waals surface area contributed by atoms with E-state index in [2.05, 4.69) is 5.32 Å². The Morgan fingerprint density at radius 2 is 1.91 bits per heavy atom. The van der Waals surface area contributed by atoms with Crippen LogP contribution in [-0.2, 0) is 9.53 Å². The van der Waals surface area contributed by atoms with Crippen molar-refractivity contribution in [1.82, 2.24) is 5.32 Å². The Bertz CT molecular complexity index is 547. The van der Waals surface area contributed by atoms with Gasteiger partial charge in [-0.1, -0.05) is 33.6 Å². The van der Waals surface area contributed by atoms with Gasteiger partial charge in [-0.05, 0) is 30.5 Å². The van der Waals surface area contributed by atoms with Gasteiger partial charge in [-0.15, -0.1) is 0 Å². The third kappa shape index (κ3) is 5.96. The number of esters is 1. The third-order valence-electron chi connectivity index (χ3n) is 3.37. The van der Waals surface area contributed by atoms with Gasteiger partial charge < -0.3 is 10.1 Å². The van der Waals surface area contributed by atoms with Crippen molar-refractivity contribution >= 4 is 11.9 Å². The minimum Gasteiger partial charge on any atom is -0.464 e. The molecule has 0 heterocycles. The largest absolute Gasteiger partial charge is 0.464 e. The quantitative estimate of drug-likeness (QED) is 0.588. The number of amides is 1. The van der Waals surface area contributed by atoms with Gasteiger partial charge in [0.1, 0.15) is 17.7 Å². The zero-order valence-electron chi connectivity index (χ0n) is 13.7. The van der Waals surface area contributed by atoms with Crippen molar-refractivity contribution in [1.29, 1.82) is 0 Å². The average Bonchev–Trinajstić information content (AvgIpc) is 2.50. The summed E-state index contributed by atoms with van der Waals surface area (Å²) in [5, 5.41) is 2.42. The van der Waals surface area contributed by atoms with Crippen molar-refractivity contribution in [2.45, 2.75) is 46.1 Å². The van der Waals surface area contributed by atoms with Crippen LogP contribution in [0.25, 0.3) is 0 Å². The van der Waals surface area contributed by atoms with Gasteiger partial charge in [-0.2, -0.15) is 0 Å². The van der Waals surface area contributed by atoms with Crippen LogP contribution in [0, 0.1) is 17.6 Å². The molecule has 0 spiro atoms. The van der Waals surface area contributed by atoms with Crippen molar-refractivity contribution < 1.29 is 23.1 Å². The molecule has 0 aromatic heterocycles. The Morgan fingerprint density at radius 3 is 2.52 bits per heavy atom. The van der Waals surface area contributed by atoms with Crippen LogP contribution in [0.5, 0.6) is 0 Å². The lowest BCUT2D eigenvalue weighted by Gasteiger charge is -2.21. The summed E-state index contributed by atoms with van der Waals surface area (Å²) in [6.45, 7) is 5.78. The first-order chi connectivity index (χ1) is 10.9. The van der Waals surface area contributed by atoms with Gasteiger partial charge >= 0.3 is 5.97 Å². The number of carbonyl (C=O) groups is 2. The van der Waals surface area contributed by atoms with Crippen LogP contribution in [0.2, 0.25) is 0 Å². The number of unbranched alkanes of at least 4 members (excludes halogenated alkanes) is 2. The van der Waals surface area contributed by atoms with Gasteiger partial charge in [0.15, 0.2) is 0 Å². The smallest absolute Gasteiger partial charge is 0.328 e. The van der Waals surface area contributed by atoms with E-state index in [-0.39, 0.29) is 12.5 Å².